The van der Waals surface area contributed by atoms with E-state index in [2.05, 4.69) is 9.97 Å². The van der Waals surface area contributed by atoms with Gasteiger partial charge in [0.15, 0.2) is 0 Å². The maximum absolute atomic E-state index is 12.5. The van der Waals surface area contributed by atoms with E-state index >= 15 is 0 Å². The normalized spacial score (nSPS) is 14.8. The molecule has 1 aromatic carbocycles. The first-order valence-corrected chi connectivity index (χ1v) is 9.57. The minimum Gasteiger partial charge on any atom is -0.383 e. The Kier molecular flexibility index (Phi) is 4.67. The zero-order valence-electron chi connectivity index (χ0n) is 14.3. The van der Waals surface area contributed by atoms with Gasteiger partial charge in [-0.25, -0.2) is 9.97 Å². The van der Waals surface area contributed by atoms with Gasteiger partial charge in [-0.3, -0.25) is 9.59 Å². The lowest BCUT2D eigenvalue weighted by molar-refractivity contribution is -0.135. The summed E-state index contributed by atoms with van der Waals surface area (Å²) in [6.07, 6.45) is 1.42. The molecule has 0 aliphatic carbocycles. The van der Waals surface area contributed by atoms with Crippen LogP contribution in [-0.2, 0) is 11.3 Å². The summed E-state index contributed by atoms with van der Waals surface area (Å²) < 4.78 is 0. The van der Waals surface area contributed by atoms with Crippen molar-refractivity contribution in [2.24, 2.45) is 0 Å². The average molecular weight is 402 g/mol. The van der Waals surface area contributed by atoms with E-state index in [1.54, 1.807) is 21.2 Å². The Balaban J connectivity index is 1.44. The molecule has 2 N–H and O–H groups in total. The van der Waals surface area contributed by atoms with Gasteiger partial charge < -0.3 is 15.5 Å². The maximum atomic E-state index is 12.5. The summed E-state index contributed by atoms with van der Waals surface area (Å²) in [5, 5.41) is 3.04. The highest BCUT2D eigenvalue weighted by Gasteiger charge is 2.28. The van der Waals surface area contributed by atoms with Gasteiger partial charge in [0.05, 0.1) is 15.4 Å². The topological polar surface area (TPSA) is 92.4 Å². The highest BCUT2D eigenvalue weighted by molar-refractivity contribution is 7.12. The molecule has 1 fully saturated rings. The lowest BCUT2D eigenvalue weighted by Gasteiger charge is -2.34. The van der Waals surface area contributed by atoms with E-state index in [1.165, 1.54) is 17.7 Å². The number of nitrogens with two attached hydrogens (primary N) is 1. The van der Waals surface area contributed by atoms with Crippen molar-refractivity contribution < 1.29 is 9.59 Å². The number of nitrogens with zero attached hydrogens (tertiary/aromatic N) is 4. The minimum absolute atomic E-state index is 0.0665. The number of hydrogen-bond donors (Lipinski definition) is 1. The molecule has 0 spiro atoms. The number of carbonyl (C=O) groups is 2. The second-order valence-electron chi connectivity index (χ2n) is 6.28. The highest BCUT2D eigenvalue weighted by Crippen LogP contribution is 2.22. The molecule has 0 saturated carbocycles. The lowest BCUT2D eigenvalue weighted by Crippen LogP contribution is -2.51. The van der Waals surface area contributed by atoms with Crippen LogP contribution in [0.25, 0.3) is 10.9 Å². The first-order valence-electron chi connectivity index (χ1n) is 8.31. The molecule has 0 bridgehead atoms. The van der Waals surface area contributed by atoms with Crippen LogP contribution in [0.3, 0.4) is 0 Å². The van der Waals surface area contributed by atoms with Gasteiger partial charge in [-0.1, -0.05) is 17.7 Å². The van der Waals surface area contributed by atoms with Crippen LogP contribution in [0.4, 0.5) is 5.82 Å². The molecular formula is C18H16ClN5O2S. The summed E-state index contributed by atoms with van der Waals surface area (Å²) in [4.78, 5) is 37.1. The van der Waals surface area contributed by atoms with E-state index in [9.17, 15) is 9.59 Å². The van der Waals surface area contributed by atoms with Gasteiger partial charge in [0.1, 0.15) is 18.7 Å². The lowest BCUT2D eigenvalue weighted by atomic mass is 10.1. The van der Waals surface area contributed by atoms with E-state index in [0.717, 1.165) is 16.5 Å². The Morgan fingerprint density at radius 1 is 1.26 bits per heavy atom. The van der Waals surface area contributed by atoms with Crippen molar-refractivity contribution in [3.63, 3.8) is 0 Å². The summed E-state index contributed by atoms with van der Waals surface area (Å²) in [6, 6.07) is 7.32. The third kappa shape index (κ3) is 3.58. The molecule has 0 radical (unpaired) electrons. The number of thiophene rings is 1. The number of amides is 2. The van der Waals surface area contributed by atoms with Gasteiger partial charge in [-0.05, 0) is 23.8 Å². The number of carbonyl (C=O) groups excluding carboxylic acids is 2. The van der Waals surface area contributed by atoms with Crippen LogP contribution in [0.1, 0.15) is 15.2 Å². The summed E-state index contributed by atoms with van der Waals surface area (Å²) >= 11 is 7.17. The quantitative estimate of drug-likeness (QED) is 0.727. The van der Waals surface area contributed by atoms with Crippen molar-refractivity contribution in [3.8, 4) is 0 Å². The molecule has 4 rings (SSSR count). The number of aromatic nitrogens is 2. The number of hydrogen-bond acceptors (Lipinski definition) is 6. The molecule has 7 nitrogen and oxygen atoms in total. The SMILES string of the molecule is Nc1ncnc2cc(CN3CCN(C(=O)c4cc(Cl)cs4)CC3=O)ccc12. The fourth-order valence-electron chi connectivity index (χ4n) is 3.07. The van der Waals surface area contributed by atoms with E-state index < -0.39 is 0 Å². The number of rotatable bonds is 3. The molecule has 0 atom stereocenters. The van der Waals surface area contributed by atoms with Crippen molar-refractivity contribution in [2.45, 2.75) is 6.54 Å². The van der Waals surface area contributed by atoms with Gasteiger partial charge in [0.25, 0.3) is 5.91 Å². The number of nitrogen functional groups attached to an aromatic ring is 1. The summed E-state index contributed by atoms with van der Waals surface area (Å²) in [7, 11) is 0. The van der Waals surface area contributed by atoms with Crippen molar-refractivity contribution in [1.82, 2.24) is 19.8 Å². The smallest absolute Gasteiger partial charge is 0.264 e. The largest absolute Gasteiger partial charge is 0.383 e. The summed E-state index contributed by atoms with van der Waals surface area (Å²) in [5.41, 5.74) is 7.55. The van der Waals surface area contributed by atoms with Gasteiger partial charge >= 0.3 is 0 Å². The summed E-state index contributed by atoms with van der Waals surface area (Å²) in [5.74, 6) is 0.195. The second kappa shape index (κ2) is 7.13. The molecule has 1 aliphatic rings. The molecule has 0 unspecified atom stereocenters. The Morgan fingerprint density at radius 3 is 2.85 bits per heavy atom. The van der Waals surface area contributed by atoms with Crippen molar-refractivity contribution in [2.75, 3.05) is 25.4 Å². The zero-order chi connectivity index (χ0) is 19.0. The third-order valence-electron chi connectivity index (χ3n) is 4.49. The molecule has 3 heterocycles. The predicted molar refractivity (Wildman–Crippen MR) is 105 cm³/mol. The number of fused-ring (bicyclic) bond motifs is 1. The Bertz CT molecular complexity index is 1040. The van der Waals surface area contributed by atoms with Gasteiger partial charge in [-0.15, -0.1) is 11.3 Å². The zero-order valence-corrected chi connectivity index (χ0v) is 15.8. The first kappa shape index (κ1) is 17.7. The van der Waals surface area contributed by atoms with Crippen LogP contribution >= 0.6 is 22.9 Å². The molecule has 27 heavy (non-hydrogen) atoms. The third-order valence-corrected chi connectivity index (χ3v) is 5.76. The van der Waals surface area contributed by atoms with E-state index in [4.69, 9.17) is 17.3 Å². The van der Waals surface area contributed by atoms with Crippen LogP contribution in [0, 0.1) is 0 Å². The maximum Gasteiger partial charge on any atom is 0.264 e. The molecule has 2 amide bonds. The van der Waals surface area contributed by atoms with E-state index in [0.29, 0.717) is 35.4 Å². The fraction of sp³-hybridized carbons (Fsp3) is 0.222. The Hall–Kier alpha value is -2.71. The average Bonchev–Trinajstić information content (AvgIpc) is 3.09. The fourth-order valence-corrected chi connectivity index (χ4v) is 4.11. The van der Waals surface area contributed by atoms with Crippen LogP contribution in [0.15, 0.2) is 36.0 Å². The monoisotopic (exact) mass is 401 g/mol. The molecule has 1 saturated heterocycles. The number of piperazine rings is 1. The number of anilines is 1. The van der Waals surface area contributed by atoms with Crippen molar-refractivity contribution >= 4 is 51.5 Å². The van der Waals surface area contributed by atoms with E-state index in [-0.39, 0.29) is 18.4 Å². The van der Waals surface area contributed by atoms with Crippen molar-refractivity contribution in [1.29, 1.82) is 0 Å². The van der Waals surface area contributed by atoms with Gasteiger partial charge in [0, 0.05) is 30.4 Å². The summed E-state index contributed by atoms with van der Waals surface area (Å²) in [6.45, 7) is 1.50. The van der Waals surface area contributed by atoms with Crippen molar-refractivity contribution in [3.05, 3.63) is 51.4 Å². The first-order chi connectivity index (χ1) is 13.0. The standard InChI is InChI=1S/C18H16ClN5O2S/c19-12-6-15(27-9-12)18(26)24-4-3-23(16(25)8-24)7-11-1-2-13-14(5-11)21-10-22-17(13)20/h1-2,5-6,9-10H,3-4,7-8H2,(H2,20,21,22). The molecule has 138 valence electrons. The highest BCUT2D eigenvalue weighted by atomic mass is 35.5. The van der Waals surface area contributed by atoms with Crippen LogP contribution in [-0.4, -0.2) is 51.2 Å². The predicted octanol–water partition coefficient (Wildman–Crippen LogP) is 2.41. The van der Waals surface area contributed by atoms with Crippen LogP contribution in [0.5, 0.6) is 0 Å². The van der Waals surface area contributed by atoms with Crippen LogP contribution < -0.4 is 5.73 Å². The van der Waals surface area contributed by atoms with Crippen LogP contribution in [0.2, 0.25) is 5.02 Å². The van der Waals surface area contributed by atoms with Gasteiger partial charge in [0.2, 0.25) is 5.91 Å². The Morgan fingerprint density at radius 2 is 2.11 bits per heavy atom. The molecule has 9 heteroatoms. The Labute approximate surface area is 164 Å². The van der Waals surface area contributed by atoms with Gasteiger partial charge in [-0.2, -0.15) is 0 Å². The number of halogens is 1. The molecule has 3 aromatic rings. The van der Waals surface area contributed by atoms with E-state index in [1.807, 2.05) is 18.2 Å². The second-order valence-corrected chi connectivity index (χ2v) is 7.63. The number of benzene rings is 1. The molecule has 1 aliphatic heterocycles. The molecular weight excluding hydrogens is 386 g/mol. The minimum atomic E-state index is -0.155. The molecule has 2 aromatic heterocycles.